The number of benzene rings is 2. The highest BCUT2D eigenvalue weighted by atomic mass is 16.2. The van der Waals surface area contributed by atoms with E-state index in [1.54, 1.807) is 0 Å². The summed E-state index contributed by atoms with van der Waals surface area (Å²) in [6.45, 7) is 2.30. The minimum Gasteiger partial charge on any atom is -0.356 e. The maximum Gasteiger partial charge on any atom is 0.246 e. The van der Waals surface area contributed by atoms with E-state index in [2.05, 4.69) is 36.2 Å². The molecule has 1 saturated carbocycles. The van der Waals surface area contributed by atoms with Gasteiger partial charge in [-0.05, 0) is 42.5 Å². The van der Waals surface area contributed by atoms with Crippen LogP contribution >= 0.6 is 0 Å². The number of piperazine rings is 1. The van der Waals surface area contributed by atoms with Crippen molar-refractivity contribution in [2.45, 2.75) is 63.6 Å². The van der Waals surface area contributed by atoms with Crippen LogP contribution in [0.4, 0.5) is 0 Å². The fraction of sp³-hybridized carbons (Fsp3) is 0.407. The van der Waals surface area contributed by atoms with E-state index in [0.717, 1.165) is 53.4 Å². The Kier molecular flexibility index (Phi) is 4.60. The van der Waals surface area contributed by atoms with Crippen molar-refractivity contribution in [3.63, 3.8) is 0 Å². The van der Waals surface area contributed by atoms with Crippen LogP contribution in [0.1, 0.15) is 60.5 Å². The maximum atomic E-state index is 13.9. The molecule has 2 fully saturated rings. The van der Waals surface area contributed by atoms with Crippen LogP contribution in [0.5, 0.6) is 0 Å². The van der Waals surface area contributed by atoms with Crippen molar-refractivity contribution in [1.82, 2.24) is 14.8 Å². The highest BCUT2D eigenvalue weighted by Gasteiger charge is 2.49. The fourth-order valence-corrected chi connectivity index (χ4v) is 6.21. The van der Waals surface area contributed by atoms with Crippen LogP contribution in [0, 0.1) is 6.92 Å². The van der Waals surface area contributed by atoms with Crippen LogP contribution in [0.25, 0.3) is 10.9 Å². The number of carbonyl (C=O) groups excluding carboxylic acids is 2. The zero-order valence-corrected chi connectivity index (χ0v) is 18.5. The first-order valence-electron chi connectivity index (χ1n) is 11.9. The highest BCUT2D eigenvalue weighted by molar-refractivity contribution is 5.98. The Morgan fingerprint density at radius 1 is 0.938 bits per heavy atom. The molecule has 1 N–H and O–H groups in total. The summed E-state index contributed by atoms with van der Waals surface area (Å²) in [5.74, 6) is 0.198. The van der Waals surface area contributed by atoms with Crippen LogP contribution in [0.15, 0.2) is 48.5 Å². The Labute approximate surface area is 188 Å². The summed E-state index contributed by atoms with van der Waals surface area (Å²) in [6.07, 6.45) is 6.15. The second-order valence-corrected chi connectivity index (χ2v) is 9.60. The fourth-order valence-electron chi connectivity index (χ4n) is 6.21. The normalized spacial score (nSPS) is 24.0. The van der Waals surface area contributed by atoms with Gasteiger partial charge in [0.05, 0.1) is 6.04 Å². The molecule has 5 nitrogen and oxygen atoms in total. The van der Waals surface area contributed by atoms with Gasteiger partial charge in [0.15, 0.2) is 0 Å². The zero-order valence-electron chi connectivity index (χ0n) is 18.5. The largest absolute Gasteiger partial charge is 0.356 e. The molecule has 1 unspecified atom stereocenters. The molecule has 0 spiro atoms. The summed E-state index contributed by atoms with van der Waals surface area (Å²) < 4.78 is 0. The number of hydrogen-bond donors (Lipinski definition) is 1. The molecule has 2 atom stereocenters. The summed E-state index contributed by atoms with van der Waals surface area (Å²) >= 11 is 0. The summed E-state index contributed by atoms with van der Waals surface area (Å²) in [5.41, 5.74) is 5.54. The quantitative estimate of drug-likeness (QED) is 0.655. The molecular formula is C27H29N3O2. The lowest BCUT2D eigenvalue weighted by molar-refractivity contribution is -0.161. The van der Waals surface area contributed by atoms with Crippen molar-refractivity contribution in [2.75, 3.05) is 6.54 Å². The number of H-pyrrole nitrogens is 1. The monoisotopic (exact) mass is 427 g/mol. The van der Waals surface area contributed by atoms with Gasteiger partial charge in [0.25, 0.3) is 0 Å². The number of para-hydroxylation sites is 1. The van der Waals surface area contributed by atoms with Gasteiger partial charge in [-0.3, -0.25) is 9.59 Å². The van der Waals surface area contributed by atoms with Crippen LogP contribution in [0.2, 0.25) is 0 Å². The van der Waals surface area contributed by atoms with Gasteiger partial charge in [-0.1, -0.05) is 61.7 Å². The lowest BCUT2D eigenvalue weighted by atomic mass is 9.84. The highest BCUT2D eigenvalue weighted by Crippen LogP contribution is 2.43. The van der Waals surface area contributed by atoms with E-state index in [4.69, 9.17) is 0 Å². The van der Waals surface area contributed by atoms with Crippen LogP contribution in [0.3, 0.4) is 0 Å². The van der Waals surface area contributed by atoms with Gasteiger partial charge in [0.2, 0.25) is 11.8 Å². The smallest absolute Gasteiger partial charge is 0.246 e. The Hall–Kier alpha value is -3.08. The third-order valence-corrected chi connectivity index (χ3v) is 7.79. The van der Waals surface area contributed by atoms with Crippen LogP contribution in [-0.4, -0.2) is 45.2 Å². The van der Waals surface area contributed by atoms with E-state index in [9.17, 15) is 9.59 Å². The summed E-state index contributed by atoms with van der Waals surface area (Å²) in [6, 6.07) is 16.0. The number of carbonyl (C=O) groups is 2. The van der Waals surface area contributed by atoms with Gasteiger partial charge >= 0.3 is 0 Å². The van der Waals surface area contributed by atoms with E-state index in [0.29, 0.717) is 6.42 Å². The third kappa shape index (κ3) is 2.90. The number of aromatic nitrogens is 1. The minimum atomic E-state index is -0.436. The van der Waals surface area contributed by atoms with Crippen molar-refractivity contribution in [3.05, 3.63) is 70.9 Å². The summed E-state index contributed by atoms with van der Waals surface area (Å²) in [4.78, 5) is 34.9. The Balaban J connectivity index is 1.50. The van der Waals surface area contributed by atoms with Crippen molar-refractivity contribution < 1.29 is 9.59 Å². The van der Waals surface area contributed by atoms with Crippen molar-refractivity contribution in [1.29, 1.82) is 0 Å². The van der Waals surface area contributed by atoms with Gasteiger partial charge < -0.3 is 14.8 Å². The van der Waals surface area contributed by atoms with Gasteiger partial charge in [0, 0.05) is 29.1 Å². The molecule has 0 radical (unpaired) electrons. The molecule has 1 saturated heterocycles. The second-order valence-electron chi connectivity index (χ2n) is 9.60. The minimum absolute atomic E-state index is 0.0673. The maximum absolute atomic E-state index is 13.9. The average Bonchev–Trinajstić information content (AvgIpc) is 3.20. The molecule has 3 aromatic rings. The van der Waals surface area contributed by atoms with Gasteiger partial charge in [-0.15, -0.1) is 0 Å². The number of aromatic amines is 1. The summed E-state index contributed by atoms with van der Waals surface area (Å²) in [7, 11) is 0. The Morgan fingerprint density at radius 3 is 2.50 bits per heavy atom. The SMILES string of the molecule is Cc1ccccc1C1c2[nH]c3ccccc3c2C[C@H]2C(=O)N(C3CCCCC3)CC(=O)N12. The Bertz CT molecular complexity index is 1210. The van der Waals surface area contributed by atoms with Crippen molar-refractivity contribution in [2.24, 2.45) is 0 Å². The molecule has 1 aliphatic carbocycles. The Morgan fingerprint density at radius 2 is 1.69 bits per heavy atom. The summed E-state index contributed by atoms with van der Waals surface area (Å²) in [5, 5.41) is 1.16. The zero-order chi connectivity index (χ0) is 21.8. The predicted molar refractivity (Wildman–Crippen MR) is 124 cm³/mol. The number of amides is 2. The van der Waals surface area contributed by atoms with Gasteiger partial charge in [-0.25, -0.2) is 0 Å². The number of fused-ring (bicyclic) bond motifs is 4. The molecule has 6 rings (SSSR count). The standard InChI is InChI=1S/C27H29N3O2/c1-17-9-5-6-12-19(17)26-25-21(20-13-7-8-14-22(20)28-25)15-23-27(32)29(16-24(31)30(23)26)18-10-3-2-4-11-18/h5-9,12-14,18,23,26,28H,2-4,10-11,15-16H2,1H3/t23-,26?/m0/s1. The van der Waals surface area contributed by atoms with Crippen molar-refractivity contribution in [3.8, 4) is 0 Å². The van der Waals surface area contributed by atoms with Gasteiger partial charge in [0.1, 0.15) is 12.6 Å². The number of aryl methyl sites for hydroxylation is 1. The molecule has 164 valence electrons. The second kappa shape index (κ2) is 7.51. The van der Waals surface area contributed by atoms with Crippen molar-refractivity contribution >= 4 is 22.7 Å². The van der Waals surface area contributed by atoms with E-state index in [1.165, 1.54) is 12.0 Å². The molecule has 1 aromatic heterocycles. The van der Waals surface area contributed by atoms with E-state index < -0.39 is 6.04 Å². The number of rotatable bonds is 2. The first-order valence-corrected chi connectivity index (χ1v) is 11.9. The molecule has 2 aromatic carbocycles. The van der Waals surface area contributed by atoms with Crippen LogP contribution < -0.4 is 0 Å². The average molecular weight is 428 g/mol. The number of nitrogens with zero attached hydrogens (tertiary/aromatic N) is 2. The molecular weight excluding hydrogens is 398 g/mol. The number of nitrogens with one attached hydrogen (secondary N) is 1. The lowest BCUT2D eigenvalue weighted by Gasteiger charge is -2.49. The molecule has 32 heavy (non-hydrogen) atoms. The van der Waals surface area contributed by atoms with E-state index >= 15 is 0 Å². The number of hydrogen-bond acceptors (Lipinski definition) is 2. The van der Waals surface area contributed by atoms with E-state index in [1.807, 2.05) is 34.1 Å². The molecule has 2 amide bonds. The third-order valence-electron chi connectivity index (χ3n) is 7.79. The van der Waals surface area contributed by atoms with E-state index in [-0.39, 0.29) is 30.4 Å². The molecule has 3 aliphatic rings. The molecule has 0 bridgehead atoms. The molecule has 2 aliphatic heterocycles. The predicted octanol–water partition coefficient (Wildman–Crippen LogP) is 4.49. The van der Waals surface area contributed by atoms with Gasteiger partial charge in [-0.2, -0.15) is 0 Å². The van der Waals surface area contributed by atoms with Crippen LogP contribution in [-0.2, 0) is 16.0 Å². The molecule has 3 heterocycles. The topological polar surface area (TPSA) is 56.4 Å². The lowest BCUT2D eigenvalue weighted by Crippen LogP contribution is -2.65. The molecule has 5 heteroatoms. The first kappa shape index (κ1) is 19.6. The first-order chi connectivity index (χ1) is 15.6.